The van der Waals surface area contributed by atoms with E-state index < -0.39 is 6.03 Å². The molecule has 178 valence electrons. The number of rotatable bonds is 5. The molecule has 1 fully saturated rings. The molecule has 1 aliphatic heterocycles. The van der Waals surface area contributed by atoms with Gasteiger partial charge in [-0.2, -0.15) is 10.0 Å². The minimum Gasteiger partial charge on any atom is -0.480 e. The summed E-state index contributed by atoms with van der Waals surface area (Å²) in [5.41, 5.74) is 4.01. The quantitative estimate of drug-likeness (QED) is 0.429. The van der Waals surface area contributed by atoms with E-state index in [4.69, 9.17) is 14.0 Å². The molecule has 3 amide bonds. The molecule has 2 aromatic carbocycles. The molecule has 10 heteroatoms. The summed E-state index contributed by atoms with van der Waals surface area (Å²) in [4.78, 5) is 38.6. The second-order valence-corrected chi connectivity index (χ2v) is 7.97. The number of hydrogen-bond donors (Lipinski definition) is 2. The fourth-order valence-corrected chi connectivity index (χ4v) is 3.99. The summed E-state index contributed by atoms with van der Waals surface area (Å²) in [6.45, 7) is 1.83. The van der Waals surface area contributed by atoms with Crippen molar-refractivity contribution in [2.24, 2.45) is 0 Å². The molecule has 0 bridgehead atoms. The molecular formula is C25H23N5O5. The van der Waals surface area contributed by atoms with E-state index in [1.54, 1.807) is 24.4 Å². The first-order valence-electron chi connectivity index (χ1n) is 11.0. The summed E-state index contributed by atoms with van der Waals surface area (Å²) in [6, 6.07) is 16.5. The van der Waals surface area contributed by atoms with Crippen molar-refractivity contribution >= 4 is 34.7 Å². The molecule has 2 aromatic heterocycles. The number of methoxy groups -OCH3 is 1. The fourth-order valence-electron chi connectivity index (χ4n) is 3.99. The number of pyridine rings is 1. The lowest BCUT2D eigenvalue weighted by Crippen LogP contribution is -2.33. The first-order valence-corrected chi connectivity index (χ1v) is 11.0. The van der Waals surface area contributed by atoms with Crippen LogP contribution in [0.5, 0.6) is 5.88 Å². The topological polar surface area (TPSA) is 119 Å². The molecule has 3 heterocycles. The van der Waals surface area contributed by atoms with E-state index in [9.17, 15) is 9.59 Å². The number of nitrogens with zero attached hydrogens (tertiary/aromatic N) is 3. The molecule has 1 saturated heterocycles. The van der Waals surface area contributed by atoms with Crippen LogP contribution in [0, 0.1) is 0 Å². The van der Waals surface area contributed by atoms with Gasteiger partial charge >= 0.3 is 12.0 Å². The van der Waals surface area contributed by atoms with E-state index in [2.05, 4.69) is 20.6 Å². The second kappa shape index (κ2) is 9.43. The van der Waals surface area contributed by atoms with Gasteiger partial charge in [0, 0.05) is 25.1 Å². The van der Waals surface area contributed by atoms with Gasteiger partial charge in [0.05, 0.1) is 19.8 Å². The van der Waals surface area contributed by atoms with Crippen LogP contribution >= 0.6 is 0 Å². The summed E-state index contributed by atoms with van der Waals surface area (Å²) in [7, 11) is 1.49. The van der Waals surface area contributed by atoms with Crippen molar-refractivity contribution in [2.75, 3.05) is 24.4 Å². The van der Waals surface area contributed by atoms with Gasteiger partial charge in [0.1, 0.15) is 11.2 Å². The Hall–Kier alpha value is -4.44. The van der Waals surface area contributed by atoms with E-state index in [1.165, 1.54) is 19.1 Å². The van der Waals surface area contributed by atoms with Crippen molar-refractivity contribution in [2.45, 2.75) is 19.4 Å². The Labute approximate surface area is 200 Å². The van der Waals surface area contributed by atoms with Crippen molar-refractivity contribution in [3.63, 3.8) is 0 Å². The predicted octanol–water partition coefficient (Wildman–Crippen LogP) is 4.77. The number of oxazole rings is 1. The number of hydroxylamine groups is 2. The number of amides is 3. The van der Waals surface area contributed by atoms with Gasteiger partial charge in [-0.15, -0.1) is 0 Å². The maximum absolute atomic E-state index is 13.1. The molecule has 1 unspecified atom stereocenters. The highest BCUT2D eigenvalue weighted by atomic mass is 16.7. The molecule has 5 rings (SSSR count). The van der Waals surface area contributed by atoms with Gasteiger partial charge < -0.3 is 14.5 Å². The molecule has 0 aliphatic carbocycles. The van der Waals surface area contributed by atoms with Gasteiger partial charge in [0.2, 0.25) is 11.8 Å². The average molecular weight is 473 g/mol. The molecule has 2 N–H and O–H groups in total. The van der Waals surface area contributed by atoms with Crippen molar-refractivity contribution in [1.82, 2.24) is 15.0 Å². The monoisotopic (exact) mass is 473 g/mol. The van der Waals surface area contributed by atoms with Crippen molar-refractivity contribution in [1.29, 1.82) is 0 Å². The van der Waals surface area contributed by atoms with Crippen LogP contribution in [0.2, 0.25) is 0 Å². The van der Waals surface area contributed by atoms with Crippen LogP contribution in [0.4, 0.5) is 16.5 Å². The molecule has 35 heavy (non-hydrogen) atoms. The van der Waals surface area contributed by atoms with Crippen LogP contribution in [-0.4, -0.2) is 40.7 Å². The Morgan fingerprint density at radius 3 is 2.69 bits per heavy atom. The van der Waals surface area contributed by atoms with Crippen LogP contribution in [0.1, 0.15) is 24.9 Å². The van der Waals surface area contributed by atoms with Crippen LogP contribution in [0.25, 0.3) is 22.2 Å². The van der Waals surface area contributed by atoms with E-state index in [0.29, 0.717) is 29.8 Å². The molecule has 0 radical (unpaired) electrons. The zero-order valence-corrected chi connectivity index (χ0v) is 19.1. The van der Waals surface area contributed by atoms with Gasteiger partial charge in [-0.25, -0.2) is 9.78 Å². The lowest BCUT2D eigenvalue weighted by molar-refractivity contribution is -0.114. The summed E-state index contributed by atoms with van der Waals surface area (Å²) in [6.07, 6.45) is 2.34. The Balaban J connectivity index is 1.41. The number of fused-ring (bicyclic) bond motifs is 1. The highest BCUT2D eigenvalue weighted by Crippen LogP contribution is 2.34. The SMILES string of the molecule is COc1ncc(-c2ccc3nc(NC(C)=O)oc3c2)cc1NC(=O)N1OCCC1c1ccccc1. The van der Waals surface area contributed by atoms with E-state index in [1.807, 2.05) is 36.4 Å². The van der Waals surface area contributed by atoms with Gasteiger partial charge in [0.25, 0.3) is 0 Å². The van der Waals surface area contributed by atoms with E-state index in [0.717, 1.165) is 16.7 Å². The molecule has 0 saturated carbocycles. The van der Waals surface area contributed by atoms with Gasteiger partial charge in [-0.3, -0.25) is 14.9 Å². The number of hydrogen-bond acceptors (Lipinski definition) is 7. The Bertz CT molecular complexity index is 1390. The summed E-state index contributed by atoms with van der Waals surface area (Å²) in [5.74, 6) is -0.000696. The highest BCUT2D eigenvalue weighted by Gasteiger charge is 2.32. The largest absolute Gasteiger partial charge is 0.480 e. The number of benzene rings is 2. The van der Waals surface area contributed by atoms with Crippen LogP contribution in [-0.2, 0) is 9.63 Å². The van der Waals surface area contributed by atoms with Gasteiger partial charge in [0.15, 0.2) is 5.58 Å². The Morgan fingerprint density at radius 1 is 1.09 bits per heavy atom. The molecule has 4 aromatic rings. The molecule has 10 nitrogen and oxygen atoms in total. The normalized spacial score (nSPS) is 15.3. The van der Waals surface area contributed by atoms with E-state index in [-0.39, 0.29) is 23.8 Å². The molecular weight excluding hydrogens is 450 g/mol. The fraction of sp³-hybridized carbons (Fsp3) is 0.200. The zero-order chi connectivity index (χ0) is 24.4. The first-order chi connectivity index (χ1) is 17.0. The number of urea groups is 1. The number of ether oxygens (including phenoxy) is 1. The maximum atomic E-state index is 13.1. The minimum absolute atomic E-state index is 0.129. The van der Waals surface area contributed by atoms with Crippen LogP contribution in [0.3, 0.4) is 0 Å². The average Bonchev–Trinajstić information content (AvgIpc) is 3.50. The number of carbonyl (C=O) groups is 2. The zero-order valence-electron chi connectivity index (χ0n) is 19.1. The van der Waals surface area contributed by atoms with Gasteiger partial charge in [-0.1, -0.05) is 36.4 Å². The first kappa shape index (κ1) is 22.4. The second-order valence-electron chi connectivity index (χ2n) is 7.97. The van der Waals surface area contributed by atoms with Crippen molar-refractivity contribution in [3.8, 4) is 17.0 Å². The number of nitrogens with one attached hydrogen (secondary N) is 2. The Kier molecular flexibility index (Phi) is 6.02. The van der Waals surface area contributed by atoms with Crippen LogP contribution in [0.15, 0.2) is 65.2 Å². The summed E-state index contributed by atoms with van der Waals surface area (Å²) < 4.78 is 11.0. The van der Waals surface area contributed by atoms with Crippen molar-refractivity contribution < 1.29 is 23.6 Å². The molecule has 1 aliphatic rings. The lowest BCUT2D eigenvalue weighted by Gasteiger charge is -2.23. The smallest absolute Gasteiger partial charge is 0.346 e. The molecule has 1 atom stereocenters. The number of anilines is 2. The number of aromatic nitrogens is 2. The standard InChI is InChI=1S/C25H23N5O5/c1-15(31)27-24-28-19-9-8-17(13-22(19)35-24)18-12-20(23(33-2)26-14-18)29-25(32)30-21(10-11-34-30)16-6-4-3-5-7-16/h3-9,12-14,21H,10-11H2,1-2H3,(H,29,32)(H,27,28,31). The lowest BCUT2D eigenvalue weighted by atomic mass is 10.1. The minimum atomic E-state index is -0.417. The van der Waals surface area contributed by atoms with E-state index >= 15 is 0 Å². The predicted molar refractivity (Wildman–Crippen MR) is 129 cm³/mol. The van der Waals surface area contributed by atoms with Crippen molar-refractivity contribution in [3.05, 3.63) is 66.4 Å². The molecule has 0 spiro atoms. The highest BCUT2D eigenvalue weighted by molar-refractivity contribution is 5.92. The number of carbonyl (C=O) groups excluding carboxylic acids is 2. The third kappa shape index (κ3) is 4.64. The van der Waals surface area contributed by atoms with Gasteiger partial charge in [-0.05, 0) is 29.3 Å². The third-order valence-corrected chi connectivity index (χ3v) is 5.58. The Morgan fingerprint density at radius 2 is 1.91 bits per heavy atom. The maximum Gasteiger partial charge on any atom is 0.346 e. The third-order valence-electron chi connectivity index (χ3n) is 5.58. The summed E-state index contributed by atoms with van der Waals surface area (Å²) in [5, 5.41) is 6.75. The summed E-state index contributed by atoms with van der Waals surface area (Å²) >= 11 is 0. The van der Waals surface area contributed by atoms with Crippen LogP contribution < -0.4 is 15.4 Å².